The molecule has 7 fully saturated rings. The maximum atomic E-state index is 2.44. The quantitative estimate of drug-likeness (QED) is 0.693. The number of rotatable bonds is 1. The summed E-state index contributed by atoms with van der Waals surface area (Å²) in [7, 11) is 0. The molecule has 0 aliphatic heterocycles. The molecule has 0 radical (unpaired) electrons. The third kappa shape index (κ3) is 1.10. The van der Waals surface area contributed by atoms with E-state index in [0.29, 0.717) is 5.41 Å². The van der Waals surface area contributed by atoms with Gasteiger partial charge in [0.1, 0.15) is 0 Å². The van der Waals surface area contributed by atoms with E-state index in [4.69, 9.17) is 0 Å². The zero-order valence-corrected chi connectivity index (χ0v) is 12.2. The summed E-state index contributed by atoms with van der Waals surface area (Å²) in [6.45, 7) is 0. The Kier molecular flexibility index (Phi) is 1.82. The highest BCUT2D eigenvalue weighted by Crippen LogP contribution is 2.74. The predicted molar refractivity (Wildman–Crippen MR) is 80.3 cm³/mol. The summed E-state index contributed by atoms with van der Waals surface area (Å²) in [4.78, 5) is 0. The van der Waals surface area contributed by atoms with Gasteiger partial charge in [0, 0.05) is 0 Å². The van der Waals surface area contributed by atoms with Crippen LogP contribution in [0.15, 0.2) is 30.3 Å². The normalized spacial score (nSPS) is 57.5. The van der Waals surface area contributed by atoms with Gasteiger partial charge in [-0.15, -0.1) is 0 Å². The monoisotopic (exact) mass is 264 g/mol. The number of hydrogen-bond donors (Lipinski definition) is 0. The van der Waals surface area contributed by atoms with Gasteiger partial charge in [0.05, 0.1) is 0 Å². The molecule has 0 N–H and O–H groups in total. The van der Waals surface area contributed by atoms with Gasteiger partial charge in [0.2, 0.25) is 0 Å². The van der Waals surface area contributed by atoms with E-state index in [0.717, 1.165) is 41.4 Å². The molecule has 0 unspecified atom stereocenters. The summed E-state index contributed by atoms with van der Waals surface area (Å²) in [6, 6.07) is 11.6. The lowest BCUT2D eigenvalue weighted by atomic mass is 9.32. The highest BCUT2D eigenvalue weighted by Gasteiger charge is 2.67. The fourth-order valence-corrected chi connectivity index (χ4v) is 8.05. The third-order valence-electron chi connectivity index (χ3n) is 8.38. The molecular weight excluding hydrogens is 240 g/mol. The van der Waals surface area contributed by atoms with E-state index in [1.54, 1.807) is 44.1 Å². The summed E-state index contributed by atoms with van der Waals surface area (Å²) < 4.78 is 0. The Morgan fingerprint density at radius 3 is 1.65 bits per heavy atom. The van der Waals surface area contributed by atoms with Crippen molar-refractivity contribution in [1.29, 1.82) is 0 Å². The Hall–Kier alpha value is -0.780. The van der Waals surface area contributed by atoms with Crippen LogP contribution in [0.3, 0.4) is 0 Å². The molecular formula is C20H24. The van der Waals surface area contributed by atoms with Gasteiger partial charge in [-0.05, 0) is 90.9 Å². The molecule has 0 heteroatoms. The van der Waals surface area contributed by atoms with Crippen molar-refractivity contribution in [2.75, 3.05) is 0 Å². The maximum Gasteiger partial charge on any atom is -0.00385 e. The molecule has 0 spiro atoms. The van der Waals surface area contributed by atoms with E-state index in [1.165, 1.54) is 0 Å². The van der Waals surface area contributed by atoms with Crippen LogP contribution in [0, 0.1) is 41.4 Å². The minimum absolute atomic E-state index is 0.592. The minimum Gasteiger partial charge on any atom is -0.0622 e. The molecule has 104 valence electrons. The van der Waals surface area contributed by atoms with Gasteiger partial charge >= 0.3 is 0 Å². The van der Waals surface area contributed by atoms with Gasteiger partial charge < -0.3 is 0 Å². The molecule has 8 rings (SSSR count). The topological polar surface area (TPSA) is 0 Å². The minimum atomic E-state index is 0.592. The van der Waals surface area contributed by atoms with Crippen LogP contribution in [0.25, 0.3) is 0 Å². The highest BCUT2D eigenvalue weighted by atomic mass is 14.7. The molecule has 8 bridgehead atoms. The lowest BCUT2D eigenvalue weighted by Gasteiger charge is -2.72. The van der Waals surface area contributed by atoms with Gasteiger partial charge in [-0.25, -0.2) is 0 Å². The Morgan fingerprint density at radius 2 is 1.15 bits per heavy atom. The summed E-state index contributed by atoms with van der Waals surface area (Å²) >= 11 is 0. The summed E-state index contributed by atoms with van der Waals surface area (Å²) in [5, 5.41) is 0. The molecule has 0 atom stereocenters. The zero-order chi connectivity index (χ0) is 12.9. The second-order valence-corrected chi connectivity index (χ2v) is 8.81. The Bertz CT molecular complexity index is 496. The summed E-state index contributed by atoms with van der Waals surface area (Å²) in [6.07, 6.45) is 9.45. The molecule has 7 saturated carbocycles. The van der Waals surface area contributed by atoms with Crippen molar-refractivity contribution in [3.63, 3.8) is 0 Å². The Balaban J connectivity index is 1.50. The van der Waals surface area contributed by atoms with Crippen molar-refractivity contribution in [1.82, 2.24) is 0 Å². The molecule has 0 nitrogen and oxygen atoms in total. The first-order valence-corrected chi connectivity index (χ1v) is 8.90. The van der Waals surface area contributed by atoms with Crippen molar-refractivity contribution < 1.29 is 0 Å². The van der Waals surface area contributed by atoms with Gasteiger partial charge in [-0.3, -0.25) is 0 Å². The van der Waals surface area contributed by atoms with Crippen LogP contribution in [0.1, 0.15) is 44.1 Å². The van der Waals surface area contributed by atoms with Crippen LogP contribution in [0.2, 0.25) is 0 Å². The standard InChI is InChI=1S/C20H24/c1-2-4-13(5-3-1)20-9-17-14-6-12-7-15(17)19(11-20)16(8-12)18(14)10-20/h1-5,12,14-19H,6-11H2. The van der Waals surface area contributed by atoms with Gasteiger partial charge in [-0.1, -0.05) is 30.3 Å². The predicted octanol–water partition coefficient (Wildman–Crippen LogP) is 4.65. The lowest BCUT2D eigenvalue weighted by molar-refractivity contribution is -0.212. The Labute approximate surface area is 122 Å². The first-order valence-electron chi connectivity index (χ1n) is 8.90. The average molecular weight is 264 g/mol. The first kappa shape index (κ1) is 10.9. The first-order chi connectivity index (χ1) is 9.84. The van der Waals surface area contributed by atoms with E-state index in [1.807, 2.05) is 0 Å². The summed E-state index contributed by atoms with van der Waals surface area (Å²) in [5.41, 5.74) is 2.28. The van der Waals surface area contributed by atoms with Crippen molar-refractivity contribution >= 4 is 0 Å². The van der Waals surface area contributed by atoms with Crippen LogP contribution in [-0.4, -0.2) is 0 Å². The zero-order valence-electron chi connectivity index (χ0n) is 12.2. The van der Waals surface area contributed by atoms with E-state index < -0.39 is 0 Å². The average Bonchev–Trinajstić information content (AvgIpc) is 2.52. The van der Waals surface area contributed by atoms with Crippen LogP contribution in [-0.2, 0) is 5.41 Å². The third-order valence-corrected chi connectivity index (χ3v) is 8.38. The SMILES string of the molecule is c1ccc(C23CC4C5CC6CC4C(C2)C(C6)C5C3)cc1. The summed E-state index contributed by atoms with van der Waals surface area (Å²) in [5.74, 6) is 7.91. The molecule has 0 heterocycles. The fraction of sp³-hybridized carbons (Fsp3) is 0.700. The Morgan fingerprint density at radius 1 is 0.650 bits per heavy atom. The molecule has 7 aliphatic carbocycles. The van der Waals surface area contributed by atoms with Gasteiger partial charge in [-0.2, -0.15) is 0 Å². The van der Waals surface area contributed by atoms with Crippen LogP contribution >= 0.6 is 0 Å². The second kappa shape index (κ2) is 3.34. The van der Waals surface area contributed by atoms with E-state index >= 15 is 0 Å². The molecule has 20 heavy (non-hydrogen) atoms. The van der Waals surface area contributed by atoms with Crippen LogP contribution < -0.4 is 0 Å². The molecule has 0 amide bonds. The van der Waals surface area contributed by atoms with Crippen LogP contribution in [0.4, 0.5) is 0 Å². The molecule has 1 aromatic rings. The largest absolute Gasteiger partial charge is 0.0622 e. The highest BCUT2D eigenvalue weighted by molar-refractivity contribution is 5.32. The van der Waals surface area contributed by atoms with Crippen molar-refractivity contribution in [3.8, 4) is 0 Å². The van der Waals surface area contributed by atoms with Crippen molar-refractivity contribution in [2.24, 2.45) is 41.4 Å². The second-order valence-electron chi connectivity index (χ2n) is 8.81. The molecule has 7 aliphatic rings. The van der Waals surface area contributed by atoms with E-state index in [-0.39, 0.29) is 0 Å². The van der Waals surface area contributed by atoms with Crippen molar-refractivity contribution in [2.45, 2.75) is 43.9 Å². The number of benzene rings is 1. The maximum absolute atomic E-state index is 2.44. The fourth-order valence-electron chi connectivity index (χ4n) is 8.05. The van der Waals surface area contributed by atoms with Gasteiger partial charge in [0.15, 0.2) is 0 Å². The smallest absolute Gasteiger partial charge is 0.00385 e. The lowest BCUT2D eigenvalue weighted by Crippen LogP contribution is -2.66. The van der Waals surface area contributed by atoms with Gasteiger partial charge in [0.25, 0.3) is 0 Å². The molecule has 1 aromatic carbocycles. The van der Waals surface area contributed by atoms with Crippen LogP contribution in [0.5, 0.6) is 0 Å². The van der Waals surface area contributed by atoms with E-state index in [9.17, 15) is 0 Å². The molecule has 0 saturated heterocycles. The van der Waals surface area contributed by atoms with E-state index in [2.05, 4.69) is 30.3 Å². The van der Waals surface area contributed by atoms with Crippen molar-refractivity contribution in [3.05, 3.63) is 35.9 Å². The molecule has 0 aromatic heterocycles. The number of hydrogen-bond acceptors (Lipinski definition) is 0.